The van der Waals surface area contributed by atoms with Crippen molar-refractivity contribution in [1.29, 1.82) is 0 Å². The molecule has 36 heavy (non-hydrogen) atoms. The number of aromatic nitrogens is 2. The van der Waals surface area contributed by atoms with Crippen LogP contribution in [0.5, 0.6) is 0 Å². The molecule has 3 amide bonds. The quantitative estimate of drug-likeness (QED) is 0.310. The predicted octanol–water partition coefficient (Wildman–Crippen LogP) is 0.987. The zero-order valence-corrected chi connectivity index (χ0v) is 19.9. The lowest BCUT2D eigenvalue weighted by Gasteiger charge is -2.29. The third-order valence-corrected chi connectivity index (χ3v) is 6.41. The molecule has 1 fully saturated rings. The molecular weight excluding hydrogens is 461 g/mol. The van der Waals surface area contributed by atoms with Crippen molar-refractivity contribution in [2.45, 2.75) is 38.1 Å². The van der Waals surface area contributed by atoms with E-state index in [0.717, 1.165) is 37.5 Å². The molecule has 2 heterocycles. The molecule has 1 aliphatic carbocycles. The smallest absolute Gasteiger partial charge is 0.423 e. The van der Waals surface area contributed by atoms with Crippen molar-refractivity contribution in [2.75, 3.05) is 12.4 Å². The lowest BCUT2D eigenvalue weighted by atomic mass is 9.79. The fourth-order valence-corrected chi connectivity index (χ4v) is 4.52. The van der Waals surface area contributed by atoms with Crippen molar-refractivity contribution >= 4 is 47.0 Å². The molecule has 10 nitrogen and oxygen atoms in total. The minimum atomic E-state index is -1.87. The molecule has 0 radical (unpaired) electrons. The summed E-state index contributed by atoms with van der Waals surface area (Å²) in [5.41, 5.74) is 0.786. The molecule has 186 valence electrons. The van der Waals surface area contributed by atoms with E-state index in [-0.39, 0.29) is 34.2 Å². The minimum absolute atomic E-state index is 0.0141. The first-order valence-electron chi connectivity index (χ1n) is 11.9. The van der Waals surface area contributed by atoms with Crippen LogP contribution in [0, 0.1) is 5.92 Å². The van der Waals surface area contributed by atoms with Crippen molar-refractivity contribution in [3.05, 3.63) is 59.9 Å². The van der Waals surface area contributed by atoms with Gasteiger partial charge in [-0.2, -0.15) is 0 Å². The number of pyridine rings is 2. The molecule has 1 aliphatic rings. The summed E-state index contributed by atoms with van der Waals surface area (Å²) in [5.74, 6) is -1.37. The van der Waals surface area contributed by atoms with Crippen molar-refractivity contribution in [3.8, 4) is 0 Å². The van der Waals surface area contributed by atoms with Gasteiger partial charge in [0.05, 0.1) is 0 Å². The number of anilines is 1. The van der Waals surface area contributed by atoms with Crippen molar-refractivity contribution in [2.24, 2.45) is 5.92 Å². The largest absolute Gasteiger partial charge is 0.488 e. The molecule has 0 bridgehead atoms. The minimum Gasteiger partial charge on any atom is -0.423 e. The summed E-state index contributed by atoms with van der Waals surface area (Å²) >= 11 is 0. The highest BCUT2D eigenvalue weighted by molar-refractivity contribution is 6.58. The summed E-state index contributed by atoms with van der Waals surface area (Å²) in [6, 6.07) is 10.2. The Morgan fingerprint density at radius 1 is 1.03 bits per heavy atom. The highest BCUT2D eigenvalue weighted by Crippen LogP contribution is 2.27. The number of likely N-dealkylation sites (N-methyl/N-ethyl adjacent to an activating group) is 1. The number of carbonyl (C=O) groups excluding carboxylic acids is 3. The molecule has 2 aromatic heterocycles. The maximum atomic E-state index is 13.2. The molecule has 5 N–H and O–H groups in total. The number of carbonyl (C=O) groups is 3. The number of nitrogens with zero attached hydrogens (tertiary/aromatic N) is 2. The van der Waals surface area contributed by atoms with Gasteiger partial charge in [-0.25, -0.2) is 9.97 Å². The van der Waals surface area contributed by atoms with E-state index in [1.54, 1.807) is 24.4 Å². The molecule has 1 atom stereocenters. The molecule has 1 aromatic carbocycles. The Balaban J connectivity index is 1.57. The van der Waals surface area contributed by atoms with Crippen LogP contribution in [-0.2, 0) is 4.79 Å². The second-order valence-corrected chi connectivity index (χ2v) is 8.88. The summed E-state index contributed by atoms with van der Waals surface area (Å²) in [6.07, 6.45) is 6.34. The maximum Gasteiger partial charge on any atom is 0.488 e. The highest BCUT2D eigenvalue weighted by Gasteiger charge is 2.31. The fourth-order valence-electron chi connectivity index (χ4n) is 4.52. The van der Waals surface area contributed by atoms with Crippen LogP contribution in [-0.4, -0.2) is 57.9 Å². The highest BCUT2D eigenvalue weighted by atomic mass is 16.4. The van der Waals surface area contributed by atoms with Gasteiger partial charge in [0.2, 0.25) is 5.91 Å². The van der Waals surface area contributed by atoms with Gasteiger partial charge in [-0.15, -0.1) is 0 Å². The predicted molar refractivity (Wildman–Crippen MR) is 136 cm³/mol. The maximum absolute atomic E-state index is 13.2. The van der Waals surface area contributed by atoms with E-state index in [9.17, 15) is 24.4 Å². The van der Waals surface area contributed by atoms with E-state index in [4.69, 9.17) is 0 Å². The Bertz CT molecular complexity index is 1280. The number of nitrogens with one attached hydrogen (secondary N) is 3. The Kier molecular flexibility index (Phi) is 7.92. The van der Waals surface area contributed by atoms with Crippen LogP contribution in [0.2, 0.25) is 0 Å². The van der Waals surface area contributed by atoms with Gasteiger partial charge in [0.15, 0.2) is 5.65 Å². The second-order valence-electron chi connectivity index (χ2n) is 8.88. The fraction of sp³-hybridized carbons (Fsp3) is 0.320. The average molecular weight is 489 g/mol. The molecule has 0 spiro atoms. The van der Waals surface area contributed by atoms with Gasteiger partial charge >= 0.3 is 7.12 Å². The van der Waals surface area contributed by atoms with E-state index < -0.39 is 25.0 Å². The monoisotopic (exact) mass is 489 g/mol. The van der Waals surface area contributed by atoms with Crippen molar-refractivity contribution in [1.82, 2.24) is 20.6 Å². The zero-order valence-electron chi connectivity index (χ0n) is 19.9. The van der Waals surface area contributed by atoms with Crippen molar-refractivity contribution < 1.29 is 24.4 Å². The third-order valence-electron chi connectivity index (χ3n) is 6.41. The summed E-state index contributed by atoms with van der Waals surface area (Å²) in [5, 5.41) is 28.4. The summed E-state index contributed by atoms with van der Waals surface area (Å²) < 4.78 is 0. The van der Waals surface area contributed by atoms with E-state index in [0.29, 0.717) is 5.65 Å². The van der Waals surface area contributed by atoms with Crippen LogP contribution in [0.4, 0.5) is 5.69 Å². The van der Waals surface area contributed by atoms with Gasteiger partial charge in [0.25, 0.3) is 11.8 Å². The summed E-state index contributed by atoms with van der Waals surface area (Å²) in [4.78, 5) is 47.0. The topological polar surface area (TPSA) is 154 Å². The average Bonchev–Trinajstić information content (AvgIpc) is 2.91. The number of fused-ring (bicyclic) bond motifs is 1. The lowest BCUT2D eigenvalue weighted by molar-refractivity contribution is -0.124. The first-order valence-corrected chi connectivity index (χ1v) is 11.9. The Hall–Kier alpha value is -3.83. The molecule has 4 rings (SSSR count). The number of hydrogen-bond donors (Lipinski definition) is 5. The number of benzene rings is 1. The van der Waals surface area contributed by atoms with Gasteiger partial charge in [-0.1, -0.05) is 19.3 Å². The first-order chi connectivity index (χ1) is 17.4. The lowest BCUT2D eigenvalue weighted by Crippen LogP contribution is -2.50. The van der Waals surface area contributed by atoms with E-state index in [1.807, 2.05) is 6.07 Å². The number of rotatable bonds is 7. The van der Waals surface area contributed by atoms with Crippen LogP contribution in [0.3, 0.4) is 0 Å². The Labute approximate surface area is 208 Å². The van der Waals surface area contributed by atoms with Crippen LogP contribution in [0.1, 0.15) is 53.0 Å². The molecule has 1 saturated carbocycles. The van der Waals surface area contributed by atoms with Crippen LogP contribution < -0.4 is 21.4 Å². The first kappa shape index (κ1) is 25.3. The van der Waals surface area contributed by atoms with Gasteiger partial charge in [-0.05, 0) is 66.7 Å². The molecule has 0 aliphatic heterocycles. The normalized spacial score (nSPS) is 14.6. The standard InChI is InChI=1S/C25H28BN5O5/c1-27-25(34)21(15-6-3-2-4-7-15)31-23(32)17-12-18(26(35)36)14-19(13-17)29-24(33)20-10-9-16-8-5-11-28-22(16)30-20/h5,8-15,21,35-36H,2-4,6-7H2,1H3,(H,27,34)(H,29,33)(H,31,32)/t21-/m0/s1. The number of amides is 3. The van der Waals surface area contributed by atoms with Crippen LogP contribution >= 0.6 is 0 Å². The zero-order chi connectivity index (χ0) is 25.7. The van der Waals surface area contributed by atoms with Gasteiger partial charge in [0, 0.05) is 29.9 Å². The van der Waals surface area contributed by atoms with Gasteiger partial charge in [0.1, 0.15) is 11.7 Å². The number of hydrogen-bond acceptors (Lipinski definition) is 7. The van der Waals surface area contributed by atoms with Crippen LogP contribution in [0.25, 0.3) is 11.0 Å². The van der Waals surface area contributed by atoms with Crippen molar-refractivity contribution in [3.63, 3.8) is 0 Å². The Morgan fingerprint density at radius 3 is 2.53 bits per heavy atom. The van der Waals surface area contributed by atoms with Gasteiger partial charge in [-0.3, -0.25) is 14.4 Å². The summed E-state index contributed by atoms with van der Waals surface area (Å²) in [6.45, 7) is 0. The van der Waals surface area contributed by atoms with Gasteiger partial charge < -0.3 is 26.0 Å². The Morgan fingerprint density at radius 2 is 1.81 bits per heavy atom. The van der Waals surface area contributed by atoms with Crippen LogP contribution in [0.15, 0.2) is 48.7 Å². The molecule has 3 aromatic rings. The molecular formula is C25H28BN5O5. The van der Waals surface area contributed by atoms with E-state index in [2.05, 4.69) is 25.9 Å². The SMILES string of the molecule is CNC(=O)[C@@H](NC(=O)c1cc(NC(=O)c2ccc3cccnc3n2)cc(B(O)O)c1)C1CCCCC1. The van der Waals surface area contributed by atoms with E-state index in [1.165, 1.54) is 25.2 Å². The second kappa shape index (κ2) is 11.3. The van der Waals surface area contributed by atoms with E-state index >= 15 is 0 Å². The molecule has 0 saturated heterocycles. The summed E-state index contributed by atoms with van der Waals surface area (Å²) in [7, 11) is -0.346. The third kappa shape index (κ3) is 5.87. The molecule has 0 unspecified atom stereocenters. The molecule has 11 heteroatoms.